The normalized spacial score (nSPS) is 11.0. The first kappa shape index (κ1) is 15.0. The second kappa shape index (κ2) is 7.40. The van der Waals surface area contributed by atoms with Crippen LogP contribution in [-0.4, -0.2) is 23.2 Å². The van der Waals surface area contributed by atoms with Gasteiger partial charge in [0.2, 0.25) is 0 Å². The molecule has 2 aromatic rings. The van der Waals surface area contributed by atoms with Crippen molar-refractivity contribution in [3.63, 3.8) is 0 Å². The maximum Gasteiger partial charge on any atom is 0.277 e. The summed E-state index contributed by atoms with van der Waals surface area (Å²) in [5, 5.41) is 4.61. The predicted octanol–water partition coefficient (Wildman–Crippen LogP) is 2.65. The number of benzene rings is 1. The Labute approximate surface area is 127 Å². The molecule has 0 saturated heterocycles. The van der Waals surface area contributed by atoms with E-state index in [0.29, 0.717) is 16.5 Å². The molecule has 0 bridgehead atoms. The number of ether oxygens (including phenoxy) is 1. The third kappa shape index (κ3) is 4.89. The molecular weight excluding hydrogens is 290 g/mol. The summed E-state index contributed by atoms with van der Waals surface area (Å²) in [4.78, 5) is 15.6. The number of carbonyl (C=O) groups is 1. The topological polar surface area (TPSA) is 63.6 Å². The van der Waals surface area contributed by atoms with E-state index in [2.05, 4.69) is 15.5 Å². The molecule has 0 fully saturated rings. The lowest BCUT2D eigenvalue weighted by molar-refractivity contribution is -0.123. The summed E-state index contributed by atoms with van der Waals surface area (Å²) in [6.07, 6.45) is 3.35. The molecule has 0 spiro atoms. The number of carbonyl (C=O) groups excluding carboxylic acids is 1. The van der Waals surface area contributed by atoms with Crippen LogP contribution in [-0.2, 0) is 4.79 Å². The number of hydrazone groups is 1. The van der Waals surface area contributed by atoms with E-state index in [1.165, 1.54) is 0 Å². The molecule has 5 nitrogen and oxygen atoms in total. The zero-order valence-electron chi connectivity index (χ0n) is 11.4. The first-order chi connectivity index (χ1) is 10.1. The van der Waals surface area contributed by atoms with Crippen molar-refractivity contribution in [2.45, 2.75) is 6.92 Å². The fraction of sp³-hybridized carbons (Fsp3) is 0.133. The molecule has 2 rings (SSSR count). The molecule has 0 aliphatic rings. The second-order valence-electron chi connectivity index (χ2n) is 4.22. The minimum atomic E-state index is -0.340. The standard InChI is InChI=1S/C15H14ClN3O2/c1-11(12-3-2-8-17-9-12)18-19-15(20)10-21-14-6-4-13(16)5-7-14/h2-9H,10H2,1H3,(H,19,20). The fourth-order valence-electron chi connectivity index (χ4n) is 1.50. The Hall–Kier alpha value is -2.40. The van der Waals surface area contributed by atoms with Crippen molar-refractivity contribution in [3.05, 3.63) is 59.4 Å². The average molecular weight is 304 g/mol. The Morgan fingerprint density at radius 3 is 2.76 bits per heavy atom. The Balaban J connectivity index is 1.83. The van der Waals surface area contributed by atoms with Gasteiger partial charge in [-0.05, 0) is 37.3 Å². The Bertz CT molecular complexity index is 627. The van der Waals surface area contributed by atoms with Crippen molar-refractivity contribution in [2.75, 3.05) is 6.61 Å². The number of halogens is 1. The van der Waals surface area contributed by atoms with Crippen LogP contribution in [0.15, 0.2) is 53.9 Å². The van der Waals surface area contributed by atoms with Gasteiger partial charge in [-0.3, -0.25) is 9.78 Å². The number of aromatic nitrogens is 1. The molecule has 0 aliphatic carbocycles. The van der Waals surface area contributed by atoms with E-state index in [0.717, 1.165) is 5.56 Å². The van der Waals surface area contributed by atoms with Crippen LogP contribution in [0.5, 0.6) is 5.75 Å². The summed E-state index contributed by atoms with van der Waals surface area (Å²) in [5.41, 5.74) is 3.95. The highest BCUT2D eigenvalue weighted by molar-refractivity contribution is 6.30. The zero-order valence-corrected chi connectivity index (χ0v) is 12.2. The number of pyridine rings is 1. The molecule has 0 saturated carbocycles. The van der Waals surface area contributed by atoms with Crippen LogP contribution >= 0.6 is 11.6 Å². The van der Waals surface area contributed by atoms with Crippen molar-refractivity contribution in [3.8, 4) is 5.75 Å². The summed E-state index contributed by atoms with van der Waals surface area (Å²) in [6.45, 7) is 1.67. The molecule has 0 radical (unpaired) electrons. The van der Waals surface area contributed by atoms with Gasteiger partial charge in [-0.25, -0.2) is 5.43 Å². The maximum absolute atomic E-state index is 11.6. The van der Waals surface area contributed by atoms with Gasteiger partial charge >= 0.3 is 0 Å². The average Bonchev–Trinajstić information content (AvgIpc) is 2.53. The van der Waals surface area contributed by atoms with Gasteiger partial charge in [0, 0.05) is 23.0 Å². The lowest BCUT2D eigenvalue weighted by atomic mass is 10.2. The van der Waals surface area contributed by atoms with Crippen LogP contribution in [0, 0.1) is 0 Å². The molecule has 108 valence electrons. The number of hydrogen-bond acceptors (Lipinski definition) is 4. The minimum Gasteiger partial charge on any atom is -0.484 e. The van der Waals surface area contributed by atoms with Gasteiger partial charge in [-0.15, -0.1) is 0 Å². The molecule has 0 unspecified atom stereocenters. The summed E-state index contributed by atoms with van der Waals surface area (Å²) in [7, 11) is 0. The summed E-state index contributed by atoms with van der Waals surface area (Å²) >= 11 is 5.76. The molecule has 0 aliphatic heterocycles. The van der Waals surface area contributed by atoms with Crippen LogP contribution in [0.4, 0.5) is 0 Å². The Morgan fingerprint density at radius 1 is 1.33 bits per heavy atom. The fourth-order valence-corrected chi connectivity index (χ4v) is 1.63. The molecule has 1 heterocycles. The zero-order chi connectivity index (χ0) is 15.1. The van der Waals surface area contributed by atoms with E-state index in [4.69, 9.17) is 16.3 Å². The van der Waals surface area contributed by atoms with Gasteiger partial charge in [-0.2, -0.15) is 5.10 Å². The number of rotatable bonds is 5. The number of nitrogens with one attached hydrogen (secondary N) is 1. The van der Waals surface area contributed by atoms with Crippen molar-refractivity contribution >= 4 is 23.2 Å². The highest BCUT2D eigenvalue weighted by atomic mass is 35.5. The lowest BCUT2D eigenvalue weighted by Gasteiger charge is -2.05. The van der Waals surface area contributed by atoms with Crippen molar-refractivity contribution < 1.29 is 9.53 Å². The van der Waals surface area contributed by atoms with Gasteiger partial charge in [0.25, 0.3) is 5.91 Å². The first-order valence-corrected chi connectivity index (χ1v) is 6.65. The SMILES string of the molecule is CC(=NNC(=O)COc1ccc(Cl)cc1)c1cccnc1. The van der Waals surface area contributed by atoms with Gasteiger partial charge in [0.15, 0.2) is 6.61 Å². The smallest absolute Gasteiger partial charge is 0.277 e. The highest BCUT2D eigenvalue weighted by Gasteiger charge is 2.03. The third-order valence-corrected chi connectivity index (χ3v) is 2.86. The van der Waals surface area contributed by atoms with E-state index < -0.39 is 0 Å². The second-order valence-corrected chi connectivity index (χ2v) is 4.65. The van der Waals surface area contributed by atoms with Gasteiger partial charge < -0.3 is 4.74 Å². The summed E-state index contributed by atoms with van der Waals surface area (Å²) < 4.78 is 5.31. The van der Waals surface area contributed by atoms with E-state index >= 15 is 0 Å². The van der Waals surface area contributed by atoms with Crippen LogP contribution in [0.3, 0.4) is 0 Å². The van der Waals surface area contributed by atoms with Crippen molar-refractivity contribution in [1.82, 2.24) is 10.4 Å². The molecule has 1 aromatic heterocycles. The van der Waals surface area contributed by atoms with E-state index in [1.54, 1.807) is 49.6 Å². The van der Waals surface area contributed by atoms with E-state index in [1.807, 2.05) is 6.07 Å². The molecular formula is C15H14ClN3O2. The monoisotopic (exact) mass is 303 g/mol. The first-order valence-electron chi connectivity index (χ1n) is 6.27. The summed E-state index contributed by atoms with van der Waals surface area (Å²) in [6, 6.07) is 10.4. The highest BCUT2D eigenvalue weighted by Crippen LogP contribution is 2.15. The molecule has 6 heteroatoms. The van der Waals surface area contributed by atoms with Crippen LogP contribution in [0.25, 0.3) is 0 Å². The predicted molar refractivity (Wildman–Crippen MR) is 81.5 cm³/mol. The van der Waals surface area contributed by atoms with E-state index in [-0.39, 0.29) is 12.5 Å². The molecule has 21 heavy (non-hydrogen) atoms. The minimum absolute atomic E-state index is 0.120. The Kier molecular flexibility index (Phi) is 5.29. The third-order valence-electron chi connectivity index (χ3n) is 2.61. The largest absolute Gasteiger partial charge is 0.484 e. The lowest BCUT2D eigenvalue weighted by Crippen LogP contribution is -2.25. The quantitative estimate of drug-likeness (QED) is 0.682. The van der Waals surface area contributed by atoms with Crippen molar-refractivity contribution in [2.24, 2.45) is 5.10 Å². The number of nitrogens with zero attached hydrogens (tertiary/aromatic N) is 2. The van der Waals surface area contributed by atoms with Crippen LogP contribution in [0.2, 0.25) is 5.02 Å². The van der Waals surface area contributed by atoms with Gasteiger partial charge in [-0.1, -0.05) is 17.7 Å². The molecule has 0 atom stereocenters. The Morgan fingerprint density at radius 2 is 2.10 bits per heavy atom. The maximum atomic E-state index is 11.6. The van der Waals surface area contributed by atoms with Crippen LogP contribution < -0.4 is 10.2 Å². The van der Waals surface area contributed by atoms with Crippen LogP contribution in [0.1, 0.15) is 12.5 Å². The molecule has 1 aromatic carbocycles. The van der Waals surface area contributed by atoms with Gasteiger partial charge in [0.1, 0.15) is 5.75 Å². The number of amides is 1. The van der Waals surface area contributed by atoms with Gasteiger partial charge in [0.05, 0.1) is 5.71 Å². The summed E-state index contributed by atoms with van der Waals surface area (Å²) in [5.74, 6) is 0.232. The van der Waals surface area contributed by atoms with Crippen molar-refractivity contribution in [1.29, 1.82) is 0 Å². The number of hydrogen-bond donors (Lipinski definition) is 1. The molecule has 1 amide bonds. The van der Waals surface area contributed by atoms with E-state index in [9.17, 15) is 4.79 Å². The molecule has 1 N–H and O–H groups in total.